The van der Waals surface area contributed by atoms with Crippen molar-refractivity contribution in [3.8, 4) is 5.75 Å². The van der Waals surface area contributed by atoms with Gasteiger partial charge in [0.15, 0.2) is 5.65 Å². The number of benzene rings is 1. The number of nitrogens with one attached hydrogen (secondary N) is 1. The van der Waals surface area contributed by atoms with E-state index in [1.54, 1.807) is 23.0 Å². The Labute approximate surface area is 185 Å². The number of sulfonamides is 1. The van der Waals surface area contributed by atoms with Crippen LogP contribution in [0.2, 0.25) is 0 Å². The molecule has 0 aliphatic carbocycles. The Morgan fingerprint density at radius 2 is 2.16 bits per heavy atom. The van der Waals surface area contributed by atoms with Gasteiger partial charge in [-0.15, -0.1) is 10.2 Å². The van der Waals surface area contributed by atoms with Crippen molar-refractivity contribution >= 4 is 21.6 Å². The van der Waals surface area contributed by atoms with E-state index in [0.29, 0.717) is 49.7 Å². The third-order valence-electron chi connectivity index (χ3n) is 6.32. The average Bonchev–Trinajstić information content (AvgIpc) is 3.36. The Morgan fingerprint density at radius 1 is 1.28 bits per heavy atom. The summed E-state index contributed by atoms with van der Waals surface area (Å²) in [6.45, 7) is 1.84. The zero-order chi connectivity index (χ0) is 22.3. The Hall–Kier alpha value is -2.79. The van der Waals surface area contributed by atoms with Gasteiger partial charge in [0.05, 0.1) is 12.9 Å². The fraction of sp³-hybridized carbons (Fsp3) is 0.476. The van der Waals surface area contributed by atoms with E-state index >= 15 is 0 Å². The first kappa shape index (κ1) is 21.1. The molecule has 1 N–H and O–H groups in total. The number of hydrogen-bond acceptors (Lipinski definition) is 7. The molecule has 170 valence electrons. The van der Waals surface area contributed by atoms with Gasteiger partial charge in [0.1, 0.15) is 17.9 Å². The fourth-order valence-electron chi connectivity index (χ4n) is 4.64. The number of aromatic nitrogens is 4. The van der Waals surface area contributed by atoms with Crippen LogP contribution in [0.5, 0.6) is 5.75 Å². The van der Waals surface area contributed by atoms with E-state index < -0.39 is 10.0 Å². The van der Waals surface area contributed by atoms with Crippen LogP contribution in [0.4, 0.5) is 10.3 Å². The monoisotopic (exact) mass is 460 g/mol. The lowest BCUT2D eigenvalue weighted by Gasteiger charge is -2.18. The number of halogens is 1. The van der Waals surface area contributed by atoms with E-state index in [0.717, 1.165) is 29.7 Å². The topological polar surface area (TPSA) is 102 Å². The maximum atomic E-state index is 14.5. The van der Waals surface area contributed by atoms with Crippen LogP contribution in [-0.2, 0) is 23.0 Å². The van der Waals surface area contributed by atoms with E-state index in [-0.39, 0.29) is 18.3 Å². The van der Waals surface area contributed by atoms with Crippen LogP contribution in [0.3, 0.4) is 0 Å². The van der Waals surface area contributed by atoms with Crippen molar-refractivity contribution in [3.05, 3.63) is 47.2 Å². The van der Waals surface area contributed by atoms with Crippen LogP contribution in [0, 0.1) is 5.82 Å². The van der Waals surface area contributed by atoms with E-state index in [1.165, 1.54) is 16.6 Å². The molecule has 9 nitrogen and oxygen atoms in total. The maximum absolute atomic E-state index is 14.5. The van der Waals surface area contributed by atoms with Gasteiger partial charge in [-0.1, -0.05) is 0 Å². The first-order valence-electron chi connectivity index (χ1n) is 10.7. The van der Waals surface area contributed by atoms with Gasteiger partial charge in [0.2, 0.25) is 16.0 Å². The molecule has 2 aliphatic heterocycles. The molecular formula is C21H25FN6O3S. The summed E-state index contributed by atoms with van der Waals surface area (Å²) in [7, 11) is -3.20. The smallest absolute Gasteiger partial charge is 0.211 e. The van der Waals surface area contributed by atoms with E-state index in [2.05, 4.69) is 20.5 Å². The van der Waals surface area contributed by atoms with Gasteiger partial charge in [-0.25, -0.2) is 22.1 Å². The molecule has 1 saturated heterocycles. The molecule has 1 atom stereocenters. The lowest BCUT2D eigenvalue weighted by Crippen LogP contribution is -2.30. The van der Waals surface area contributed by atoms with E-state index in [1.807, 2.05) is 0 Å². The zero-order valence-electron chi connectivity index (χ0n) is 17.8. The number of fused-ring (bicyclic) bond motifs is 2. The van der Waals surface area contributed by atoms with E-state index in [4.69, 9.17) is 4.74 Å². The molecule has 0 spiro atoms. The lowest BCUT2D eigenvalue weighted by molar-refractivity contribution is 0.356. The van der Waals surface area contributed by atoms with Gasteiger partial charge in [-0.2, -0.15) is 0 Å². The predicted molar refractivity (Wildman–Crippen MR) is 117 cm³/mol. The maximum Gasteiger partial charge on any atom is 0.211 e. The standard InChI is InChI=1S/C21H25FN6O3S/c1-32(29,30)27-8-2-3-14(6-9-27)16-11-23-21(28-13-25-26-20(16)28)24-12-17-15-7-10-31-19(15)5-4-18(17)22/h4-5,11,13-14H,2-3,6-10,12H2,1H3,(H,23,24)/t14-/m0/s1. The molecule has 32 heavy (non-hydrogen) atoms. The molecule has 11 heteroatoms. The third-order valence-corrected chi connectivity index (χ3v) is 7.62. The Morgan fingerprint density at radius 3 is 3.00 bits per heavy atom. The first-order valence-corrected chi connectivity index (χ1v) is 12.6. The second-order valence-electron chi connectivity index (χ2n) is 8.31. The molecule has 4 heterocycles. The zero-order valence-corrected chi connectivity index (χ0v) is 18.6. The Bertz CT molecular complexity index is 1260. The van der Waals surface area contributed by atoms with Gasteiger partial charge < -0.3 is 10.1 Å². The SMILES string of the molecule is CS(=O)(=O)N1CCC[C@H](c2cnc(NCc3c(F)ccc4c3CCO4)n3cnnc23)CC1. The number of rotatable bonds is 5. The van der Waals surface area contributed by atoms with Crippen molar-refractivity contribution < 1.29 is 17.5 Å². The lowest BCUT2D eigenvalue weighted by atomic mass is 9.94. The van der Waals surface area contributed by atoms with Gasteiger partial charge in [0, 0.05) is 48.9 Å². The molecule has 0 amide bonds. The Kier molecular flexibility index (Phi) is 5.46. The number of hydrogen-bond donors (Lipinski definition) is 1. The molecule has 3 aromatic rings. The van der Waals surface area contributed by atoms with Gasteiger partial charge >= 0.3 is 0 Å². The van der Waals surface area contributed by atoms with Gasteiger partial charge in [-0.05, 0) is 37.3 Å². The molecule has 2 aromatic heterocycles. The number of anilines is 1. The highest BCUT2D eigenvalue weighted by Gasteiger charge is 2.26. The van der Waals surface area contributed by atoms with Crippen LogP contribution in [0.25, 0.3) is 5.65 Å². The molecule has 0 saturated carbocycles. The molecule has 0 radical (unpaired) electrons. The molecule has 1 fully saturated rings. The highest BCUT2D eigenvalue weighted by atomic mass is 32.2. The van der Waals surface area contributed by atoms with Crippen LogP contribution >= 0.6 is 0 Å². The van der Waals surface area contributed by atoms with E-state index in [9.17, 15) is 12.8 Å². The predicted octanol–water partition coefficient (Wildman–Crippen LogP) is 2.34. The van der Waals surface area contributed by atoms with Crippen molar-refractivity contribution in [3.63, 3.8) is 0 Å². The van der Waals surface area contributed by atoms with Crippen LogP contribution in [0.15, 0.2) is 24.7 Å². The average molecular weight is 461 g/mol. The van der Waals surface area contributed by atoms with Crippen molar-refractivity contribution in [1.82, 2.24) is 23.9 Å². The summed E-state index contributed by atoms with van der Waals surface area (Å²) in [5.74, 6) is 1.13. The van der Waals surface area contributed by atoms with Crippen molar-refractivity contribution in [2.45, 2.75) is 38.1 Å². The third kappa shape index (κ3) is 3.90. The van der Waals surface area contributed by atoms with Crippen molar-refractivity contribution in [2.75, 3.05) is 31.3 Å². The molecule has 0 unspecified atom stereocenters. The summed E-state index contributed by atoms with van der Waals surface area (Å²) >= 11 is 0. The summed E-state index contributed by atoms with van der Waals surface area (Å²) in [5.41, 5.74) is 3.10. The van der Waals surface area contributed by atoms with Gasteiger partial charge in [0.25, 0.3) is 0 Å². The molecule has 0 bridgehead atoms. The minimum absolute atomic E-state index is 0.141. The molecule has 1 aromatic carbocycles. The summed E-state index contributed by atoms with van der Waals surface area (Å²) in [6.07, 6.45) is 7.63. The van der Waals surface area contributed by atoms with Crippen molar-refractivity contribution in [2.24, 2.45) is 0 Å². The highest BCUT2D eigenvalue weighted by Crippen LogP contribution is 2.32. The quantitative estimate of drug-likeness (QED) is 0.624. The minimum atomic E-state index is -3.20. The summed E-state index contributed by atoms with van der Waals surface area (Å²) in [5, 5.41) is 11.6. The number of nitrogens with zero attached hydrogens (tertiary/aromatic N) is 5. The van der Waals surface area contributed by atoms with Crippen molar-refractivity contribution in [1.29, 1.82) is 0 Å². The van der Waals surface area contributed by atoms with Gasteiger partial charge in [-0.3, -0.25) is 4.40 Å². The fourth-order valence-corrected chi connectivity index (χ4v) is 5.54. The summed E-state index contributed by atoms with van der Waals surface area (Å²) in [6, 6.07) is 3.10. The molecular weight excluding hydrogens is 435 g/mol. The summed E-state index contributed by atoms with van der Waals surface area (Å²) < 4.78 is 47.2. The largest absolute Gasteiger partial charge is 0.493 e. The van der Waals surface area contributed by atoms with Crippen LogP contribution < -0.4 is 10.1 Å². The number of ether oxygens (including phenoxy) is 1. The second kappa shape index (κ2) is 8.28. The normalized spacial score (nSPS) is 19.5. The molecule has 2 aliphatic rings. The minimum Gasteiger partial charge on any atom is -0.493 e. The van der Waals surface area contributed by atoms with Crippen LogP contribution in [-0.4, -0.2) is 58.3 Å². The Balaban J connectivity index is 1.38. The second-order valence-corrected chi connectivity index (χ2v) is 10.3. The highest BCUT2D eigenvalue weighted by molar-refractivity contribution is 7.88. The summed E-state index contributed by atoms with van der Waals surface area (Å²) in [4.78, 5) is 4.58. The molecule has 5 rings (SSSR count). The van der Waals surface area contributed by atoms with Crippen LogP contribution in [0.1, 0.15) is 41.9 Å². The first-order chi connectivity index (χ1) is 15.4.